The fourth-order valence-electron chi connectivity index (χ4n) is 3.71. The number of hydrogen-bond donors (Lipinski definition) is 0. The number of hydrogen-bond acceptors (Lipinski definition) is 4. The predicted octanol–water partition coefficient (Wildman–Crippen LogP) is 3.78. The van der Waals surface area contributed by atoms with E-state index < -0.39 is 0 Å². The minimum Gasteiger partial charge on any atom is -0.353 e. The zero-order valence-corrected chi connectivity index (χ0v) is 15.2. The summed E-state index contributed by atoms with van der Waals surface area (Å²) in [7, 11) is 0. The number of carbonyl (C=O) groups excluding carboxylic acids is 1. The number of aromatic nitrogens is 1. The molecular weight excluding hydrogens is 310 g/mol. The molecule has 25 heavy (non-hydrogen) atoms. The van der Waals surface area contributed by atoms with Crippen molar-refractivity contribution in [2.45, 2.75) is 39.3 Å². The summed E-state index contributed by atoms with van der Waals surface area (Å²) in [6.45, 7) is 7.82. The van der Waals surface area contributed by atoms with Crippen molar-refractivity contribution in [2.75, 3.05) is 24.5 Å². The van der Waals surface area contributed by atoms with Gasteiger partial charge in [-0.1, -0.05) is 30.3 Å². The third-order valence-electron chi connectivity index (χ3n) is 5.03. The maximum absolute atomic E-state index is 11.9. The molecular formula is C21H27N3O. The van der Waals surface area contributed by atoms with Crippen molar-refractivity contribution >= 4 is 11.6 Å². The van der Waals surface area contributed by atoms with Crippen LogP contribution in [0.1, 0.15) is 42.6 Å². The third kappa shape index (κ3) is 4.26. The first-order chi connectivity index (χ1) is 12.2. The molecule has 4 heteroatoms. The molecule has 1 aromatic carbocycles. The first-order valence-corrected chi connectivity index (χ1v) is 9.18. The molecule has 1 aliphatic rings. The van der Waals surface area contributed by atoms with E-state index in [1.165, 1.54) is 5.56 Å². The van der Waals surface area contributed by atoms with Gasteiger partial charge in [-0.25, -0.2) is 4.98 Å². The van der Waals surface area contributed by atoms with Crippen LogP contribution < -0.4 is 4.90 Å². The summed E-state index contributed by atoms with van der Waals surface area (Å²) in [4.78, 5) is 21.3. The Morgan fingerprint density at radius 3 is 2.52 bits per heavy atom. The highest BCUT2D eigenvalue weighted by atomic mass is 16.1. The fraction of sp³-hybridized carbons (Fsp3) is 0.429. The number of pyridine rings is 1. The number of carbonyl (C=O) groups is 1. The van der Waals surface area contributed by atoms with Crippen molar-refractivity contribution in [1.29, 1.82) is 0 Å². The Labute approximate surface area is 150 Å². The minimum absolute atomic E-state index is 0.0862. The van der Waals surface area contributed by atoms with Crippen LogP contribution in [0.25, 0.3) is 0 Å². The van der Waals surface area contributed by atoms with Crippen molar-refractivity contribution in [3.05, 3.63) is 59.8 Å². The van der Waals surface area contributed by atoms with Crippen LogP contribution in [-0.4, -0.2) is 41.3 Å². The molecule has 1 aromatic heterocycles. The van der Waals surface area contributed by atoms with E-state index in [-0.39, 0.29) is 5.78 Å². The molecule has 2 heterocycles. The number of nitrogens with zero attached hydrogens (tertiary/aromatic N) is 3. The van der Waals surface area contributed by atoms with E-state index in [2.05, 4.69) is 52.0 Å². The van der Waals surface area contributed by atoms with Crippen molar-refractivity contribution in [3.8, 4) is 0 Å². The Balaban J connectivity index is 1.66. The number of likely N-dealkylation sites (tertiary alicyclic amines) is 1. The Hall–Kier alpha value is -2.20. The highest BCUT2D eigenvalue weighted by Crippen LogP contribution is 2.25. The van der Waals surface area contributed by atoms with E-state index in [1.54, 1.807) is 13.1 Å². The second kappa shape index (κ2) is 8.26. The highest BCUT2D eigenvalue weighted by molar-refractivity contribution is 5.98. The van der Waals surface area contributed by atoms with Gasteiger partial charge in [-0.3, -0.25) is 9.69 Å². The van der Waals surface area contributed by atoms with Gasteiger partial charge in [0.2, 0.25) is 0 Å². The predicted molar refractivity (Wildman–Crippen MR) is 102 cm³/mol. The molecule has 2 aromatic rings. The lowest BCUT2D eigenvalue weighted by Gasteiger charge is -2.39. The highest BCUT2D eigenvalue weighted by Gasteiger charge is 2.26. The van der Waals surface area contributed by atoms with Gasteiger partial charge in [-0.05, 0) is 44.4 Å². The lowest BCUT2D eigenvalue weighted by molar-refractivity contribution is 0.101. The van der Waals surface area contributed by atoms with E-state index in [0.29, 0.717) is 6.04 Å². The molecule has 132 valence electrons. The summed E-state index contributed by atoms with van der Waals surface area (Å²) in [5.41, 5.74) is 2.10. The summed E-state index contributed by atoms with van der Waals surface area (Å²) in [5, 5.41) is 0. The number of Topliss-reactive ketones (excluding diaryl/α,β-unsaturated/α-hetero) is 1. The Bertz CT molecular complexity index is 693. The van der Waals surface area contributed by atoms with Crippen LogP contribution in [0.2, 0.25) is 0 Å². The van der Waals surface area contributed by atoms with Crippen LogP contribution in [0.4, 0.5) is 5.82 Å². The monoisotopic (exact) mass is 337 g/mol. The molecule has 0 saturated carbocycles. The maximum Gasteiger partial charge on any atom is 0.163 e. The van der Waals surface area contributed by atoms with Crippen molar-refractivity contribution < 1.29 is 4.79 Å². The van der Waals surface area contributed by atoms with Crippen LogP contribution >= 0.6 is 0 Å². The quantitative estimate of drug-likeness (QED) is 0.752. The van der Waals surface area contributed by atoms with Gasteiger partial charge in [0.05, 0.1) is 5.56 Å². The lowest BCUT2D eigenvalue weighted by atomic mass is 10.0. The fourth-order valence-corrected chi connectivity index (χ4v) is 3.71. The Kier molecular flexibility index (Phi) is 5.82. The zero-order valence-electron chi connectivity index (χ0n) is 15.2. The number of rotatable bonds is 6. The normalized spacial score (nSPS) is 15.9. The summed E-state index contributed by atoms with van der Waals surface area (Å²) in [6.07, 6.45) is 4.00. The Morgan fingerprint density at radius 1 is 1.16 bits per heavy atom. The SMILES string of the molecule is CCN(c1ncccc1C(C)=O)C1CCN(Cc2ccccc2)CC1. The molecule has 1 saturated heterocycles. The molecule has 1 fully saturated rings. The van der Waals surface area contributed by atoms with Gasteiger partial charge in [-0.2, -0.15) is 0 Å². The van der Waals surface area contributed by atoms with Crippen LogP contribution in [0, 0.1) is 0 Å². The van der Waals surface area contributed by atoms with Gasteiger partial charge in [0.25, 0.3) is 0 Å². The van der Waals surface area contributed by atoms with Gasteiger partial charge in [0, 0.05) is 38.4 Å². The van der Waals surface area contributed by atoms with Crippen LogP contribution in [0.15, 0.2) is 48.7 Å². The number of piperidine rings is 1. The molecule has 0 spiro atoms. The third-order valence-corrected chi connectivity index (χ3v) is 5.03. The van der Waals surface area contributed by atoms with E-state index in [4.69, 9.17) is 0 Å². The van der Waals surface area contributed by atoms with Crippen LogP contribution in [0.3, 0.4) is 0 Å². The van der Waals surface area contributed by atoms with Gasteiger partial charge in [0.15, 0.2) is 5.78 Å². The van der Waals surface area contributed by atoms with E-state index >= 15 is 0 Å². The number of anilines is 1. The van der Waals surface area contributed by atoms with Crippen LogP contribution in [-0.2, 0) is 6.54 Å². The maximum atomic E-state index is 11.9. The van der Waals surface area contributed by atoms with Crippen LogP contribution in [0.5, 0.6) is 0 Å². The van der Waals surface area contributed by atoms with Crippen molar-refractivity contribution in [1.82, 2.24) is 9.88 Å². The first kappa shape index (κ1) is 17.6. The topological polar surface area (TPSA) is 36.4 Å². The molecule has 4 nitrogen and oxygen atoms in total. The van der Waals surface area contributed by atoms with Gasteiger partial charge in [0.1, 0.15) is 5.82 Å². The molecule has 0 amide bonds. The summed E-state index contributed by atoms with van der Waals surface area (Å²) < 4.78 is 0. The lowest BCUT2D eigenvalue weighted by Crippen LogP contribution is -2.45. The molecule has 0 aliphatic carbocycles. The second-order valence-electron chi connectivity index (χ2n) is 6.71. The van der Waals surface area contributed by atoms with Gasteiger partial charge < -0.3 is 4.90 Å². The van der Waals surface area contributed by atoms with E-state index in [1.807, 2.05) is 12.1 Å². The second-order valence-corrected chi connectivity index (χ2v) is 6.71. The number of benzene rings is 1. The smallest absolute Gasteiger partial charge is 0.163 e. The van der Waals surface area contributed by atoms with Gasteiger partial charge >= 0.3 is 0 Å². The largest absolute Gasteiger partial charge is 0.353 e. The summed E-state index contributed by atoms with van der Waals surface area (Å²) >= 11 is 0. The summed E-state index contributed by atoms with van der Waals surface area (Å²) in [6, 6.07) is 14.8. The molecule has 1 aliphatic heterocycles. The average Bonchev–Trinajstić information content (AvgIpc) is 2.65. The molecule has 0 bridgehead atoms. The van der Waals surface area contributed by atoms with Crippen molar-refractivity contribution in [2.24, 2.45) is 0 Å². The van der Waals surface area contributed by atoms with Gasteiger partial charge in [-0.15, -0.1) is 0 Å². The standard InChI is InChI=1S/C21H27N3O/c1-3-24(21-20(17(2)25)10-7-13-22-21)19-11-14-23(15-12-19)16-18-8-5-4-6-9-18/h4-10,13,19H,3,11-12,14-16H2,1-2H3. The van der Waals surface area contributed by atoms with E-state index in [9.17, 15) is 4.79 Å². The average molecular weight is 337 g/mol. The molecule has 3 rings (SSSR count). The van der Waals surface area contributed by atoms with Crippen molar-refractivity contribution in [3.63, 3.8) is 0 Å². The zero-order chi connectivity index (χ0) is 17.6. The molecule has 0 unspecified atom stereocenters. The minimum atomic E-state index is 0.0862. The van der Waals surface area contributed by atoms with E-state index in [0.717, 1.165) is 50.4 Å². The summed E-state index contributed by atoms with van der Waals surface area (Å²) in [5.74, 6) is 0.932. The molecule has 0 atom stereocenters. The Morgan fingerprint density at radius 2 is 1.88 bits per heavy atom. The molecule has 0 radical (unpaired) electrons. The first-order valence-electron chi connectivity index (χ1n) is 9.18. The molecule has 0 N–H and O–H groups in total. The number of ketones is 1.